The number of hydrogen-bond acceptors (Lipinski definition) is 4. The third kappa shape index (κ3) is 2.44. The van der Waals surface area contributed by atoms with Gasteiger partial charge in [-0.05, 0) is 25.1 Å². The topological polar surface area (TPSA) is 57.0 Å². The fraction of sp³-hybridized carbons (Fsp3) is 0.158. The van der Waals surface area contributed by atoms with E-state index in [4.69, 9.17) is 9.47 Å². The maximum Gasteiger partial charge on any atom is 0.340 e. The number of carbonyl (C=O) groups is 2. The number of ether oxygens (including phenoxy) is 2. The van der Waals surface area contributed by atoms with E-state index in [-0.39, 0.29) is 6.61 Å². The molecule has 2 heterocycles. The van der Waals surface area contributed by atoms with Crippen molar-refractivity contribution < 1.29 is 19.1 Å². The summed E-state index contributed by atoms with van der Waals surface area (Å²) >= 11 is 0. The van der Waals surface area contributed by atoms with Crippen LogP contribution in [-0.2, 0) is 4.74 Å². The number of esters is 1. The largest absolute Gasteiger partial charge is 0.496 e. The molecule has 0 aliphatic heterocycles. The van der Waals surface area contributed by atoms with Crippen molar-refractivity contribution in [1.82, 2.24) is 4.40 Å². The van der Waals surface area contributed by atoms with Crippen LogP contribution < -0.4 is 4.74 Å². The third-order valence-corrected chi connectivity index (χ3v) is 3.85. The molecule has 24 heavy (non-hydrogen) atoms. The Bertz CT molecular complexity index is 911. The molecule has 0 atom stereocenters. The summed E-state index contributed by atoms with van der Waals surface area (Å²) < 4.78 is 12.3. The Balaban J connectivity index is 2.43. The quantitative estimate of drug-likeness (QED) is 0.532. The second-order valence-corrected chi connectivity index (χ2v) is 5.13. The Hall–Kier alpha value is -3.08. The van der Waals surface area contributed by atoms with Crippen molar-refractivity contribution in [3.63, 3.8) is 0 Å². The summed E-state index contributed by atoms with van der Waals surface area (Å²) in [6, 6.07) is 12.7. The minimum atomic E-state index is -0.463. The van der Waals surface area contributed by atoms with Crippen molar-refractivity contribution in [2.45, 2.75) is 6.92 Å². The first-order chi connectivity index (χ1) is 11.7. The molecule has 2 aromatic heterocycles. The van der Waals surface area contributed by atoms with E-state index < -0.39 is 5.97 Å². The SMILES string of the molecule is CCOC(=O)c1c(-c2ccccc2OC)c(C=O)n2ccccc12. The van der Waals surface area contributed by atoms with Crippen molar-refractivity contribution in [3.05, 3.63) is 59.9 Å². The molecule has 122 valence electrons. The van der Waals surface area contributed by atoms with Crippen LogP contribution >= 0.6 is 0 Å². The molecule has 0 radical (unpaired) electrons. The van der Waals surface area contributed by atoms with E-state index in [2.05, 4.69) is 0 Å². The number of fused-ring (bicyclic) bond motifs is 1. The van der Waals surface area contributed by atoms with Gasteiger partial charge in [0.2, 0.25) is 0 Å². The molecule has 5 nitrogen and oxygen atoms in total. The van der Waals surface area contributed by atoms with Gasteiger partial charge in [-0.25, -0.2) is 4.79 Å². The molecule has 0 bridgehead atoms. The number of pyridine rings is 1. The van der Waals surface area contributed by atoms with Crippen molar-refractivity contribution in [3.8, 4) is 16.9 Å². The zero-order valence-electron chi connectivity index (χ0n) is 13.5. The molecule has 5 heteroatoms. The standard InChI is InChI=1S/C19H17NO4/c1-3-24-19(22)18-14-9-6-7-11-20(14)15(12-21)17(18)13-8-4-5-10-16(13)23-2/h4-12H,3H2,1-2H3. The van der Waals surface area contributed by atoms with E-state index in [1.165, 1.54) is 0 Å². The third-order valence-electron chi connectivity index (χ3n) is 3.85. The number of para-hydroxylation sites is 1. The van der Waals surface area contributed by atoms with E-state index in [1.54, 1.807) is 42.8 Å². The summed E-state index contributed by atoms with van der Waals surface area (Å²) in [6.07, 6.45) is 2.50. The summed E-state index contributed by atoms with van der Waals surface area (Å²) in [6.45, 7) is 2.00. The van der Waals surface area contributed by atoms with Gasteiger partial charge in [-0.3, -0.25) is 4.79 Å². The molecular weight excluding hydrogens is 306 g/mol. The van der Waals surface area contributed by atoms with Crippen LogP contribution in [0.5, 0.6) is 5.75 Å². The Morgan fingerprint density at radius 2 is 1.92 bits per heavy atom. The van der Waals surface area contributed by atoms with Crippen LogP contribution in [0.1, 0.15) is 27.8 Å². The van der Waals surface area contributed by atoms with Crippen LogP contribution in [0, 0.1) is 0 Å². The maximum atomic E-state index is 12.6. The van der Waals surface area contributed by atoms with Crippen LogP contribution in [0.15, 0.2) is 48.7 Å². The molecule has 1 aromatic carbocycles. The first-order valence-corrected chi connectivity index (χ1v) is 7.61. The van der Waals surface area contributed by atoms with Crippen molar-refractivity contribution in [1.29, 1.82) is 0 Å². The summed E-state index contributed by atoms with van der Waals surface area (Å²) in [5.41, 5.74) is 2.57. The lowest BCUT2D eigenvalue weighted by molar-refractivity contribution is 0.0529. The number of methoxy groups -OCH3 is 1. The van der Waals surface area contributed by atoms with Gasteiger partial charge in [0.1, 0.15) is 5.75 Å². The van der Waals surface area contributed by atoms with Gasteiger partial charge in [0.05, 0.1) is 30.5 Å². The number of rotatable bonds is 5. The number of benzene rings is 1. The first-order valence-electron chi connectivity index (χ1n) is 7.61. The van der Waals surface area contributed by atoms with Gasteiger partial charge in [-0.15, -0.1) is 0 Å². The van der Waals surface area contributed by atoms with E-state index in [1.807, 2.05) is 24.3 Å². The van der Waals surface area contributed by atoms with E-state index in [0.29, 0.717) is 33.7 Å². The van der Waals surface area contributed by atoms with Gasteiger partial charge in [0.25, 0.3) is 0 Å². The van der Waals surface area contributed by atoms with E-state index in [0.717, 1.165) is 6.29 Å². The number of nitrogens with zero attached hydrogens (tertiary/aromatic N) is 1. The molecular formula is C19H17NO4. The molecule has 0 saturated heterocycles. The highest BCUT2D eigenvalue weighted by Gasteiger charge is 2.26. The predicted octanol–water partition coefficient (Wildman–Crippen LogP) is 3.60. The molecule has 0 fully saturated rings. The Morgan fingerprint density at radius 3 is 2.62 bits per heavy atom. The summed E-state index contributed by atoms with van der Waals surface area (Å²) in [4.78, 5) is 24.4. The second kappa shape index (κ2) is 6.58. The summed E-state index contributed by atoms with van der Waals surface area (Å²) in [5.74, 6) is 0.122. The normalized spacial score (nSPS) is 10.6. The minimum absolute atomic E-state index is 0.255. The number of aromatic nitrogens is 1. The Morgan fingerprint density at radius 1 is 1.17 bits per heavy atom. The summed E-state index contributed by atoms with van der Waals surface area (Å²) in [7, 11) is 1.55. The van der Waals surface area contributed by atoms with Crippen LogP contribution in [0.25, 0.3) is 16.6 Å². The van der Waals surface area contributed by atoms with Crippen LogP contribution in [-0.4, -0.2) is 30.4 Å². The lowest BCUT2D eigenvalue weighted by Gasteiger charge is -2.10. The molecule has 3 aromatic rings. The van der Waals surface area contributed by atoms with Crippen LogP contribution in [0.3, 0.4) is 0 Å². The van der Waals surface area contributed by atoms with E-state index in [9.17, 15) is 9.59 Å². The molecule has 0 unspecified atom stereocenters. The molecule has 0 aliphatic carbocycles. The van der Waals surface area contributed by atoms with E-state index >= 15 is 0 Å². The number of hydrogen-bond donors (Lipinski definition) is 0. The Kier molecular flexibility index (Phi) is 4.33. The zero-order chi connectivity index (χ0) is 17.1. The molecule has 0 N–H and O–H groups in total. The molecule has 0 aliphatic rings. The van der Waals surface area contributed by atoms with Gasteiger partial charge in [-0.2, -0.15) is 0 Å². The van der Waals surface area contributed by atoms with Crippen LogP contribution in [0.4, 0.5) is 0 Å². The monoisotopic (exact) mass is 323 g/mol. The van der Waals surface area contributed by atoms with Crippen molar-refractivity contribution in [2.24, 2.45) is 0 Å². The fourth-order valence-electron chi connectivity index (χ4n) is 2.88. The van der Waals surface area contributed by atoms with Gasteiger partial charge < -0.3 is 13.9 Å². The van der Waals surface area contributed by atoms with Crippen molar-refractivity contribution >= 4 is 17.8 Å². The average molecular weight is 323 g/mol. The van der Waals surface area contributed by atoms with Crippen molar-refractivity contribution in [2.75, 3.05) is 13.7 Å². The maximum absolute atomic E-state index is 12.6. The first kappa shape index (κ1) is 15.8. The Labute approximate surface area is 139 Å². The van der Waals surface area contributed by atoms with Gasteiger partial charge in [0.15, 0.2) is 6.29 Å². The number of aldehydes is 1. The number of carbonyl (C=O) groups excluding carboxylic acids is 2. The second-order valence-electron chi connectivity index (χ2n) is 5.13. The molecule has 0 amide bonds. The smallest absolute Gasteiger partial charge is 0.340 e. The predicted molar refractivity (Wildman–Crippen MR) is 90.7 cm³/mol. The molecule has 0 spiro atoms. The van der Waals surface area contributed by atoms with Gasteiger partial charge >= 0.3 is 5.97 Å². The van der Waals surface area contributed by atoms with Gasteiger partial charge in [-0.1, -0.05) is 24.3 Å². The summed E-state index contributed by atoms with van der Waals surface area (Å²) in [5, 5.41) is 0. The average Bonchev–Trinajstić information content (AvgIpc) is 2.96. The fourth-order valence-corrected chi connectivity index (χ4v) is 2.88. The molecule has 3 rings (SSSR count). The lowest BCUT2D eigenvalue weighted by atomic mass is 9.99. The van der Waals surface area contributed by atoms with Gasteiger partial charge in [0, 0.05) is 17.3 Å². The highest BCUT2D eigenvalue weighted by atomic mass is 16.5. The minimum Gasteiger partial charge on any atom is -0.496 e. The lowest BCUT2D eigenvalue weighted by Crippen LogP contribution is -2.06. The highest BCUT2D eigenvalue weighted by molar-refractivity contribution is 6.09. The highest BCUT2D eigenvalue weighted by Crippen LogP contribution is 2.38. The molecule has 0 saturated carbocycles. The van der Waals surface area contributed by atoms with Crippen LogP contribution in [0.2, 0.25) is 0 Å². The zero-order valence-corrected chi connectivity index (χ0v) is 13.5.